The summed E-state index contributed by atoms with van der Waals surface area (Å²) in [7, 11) is 5.51. The fraction of sp³-hybridized carbons (Fsp3) is 0.862. The summed E-state index contributed by atoms with van der Waals surface area (Å²) in [5.41, 5.74) is -0.669. The van der Waals surface area contributed by atoms with Gasteiger partial charge in [-0.3, -0.25) is 4.79 Å². The number of carbonyl (C=O) groups is 2. The zero-order valence-corrected chi connectivity index (χ0v) is 23.2. The van der Waals surface area contributed by atoms with Crippen molar-refractivity contribution in [3.05, 3.63) is 12.2 Å². The van der Waals surface area contributed by atoms with Crippen LogP contribution in [0, 0.1) is 11.3 Å². The Morgan fingerprint density at radius 3 is 1.68 bits per heavy atom. The van der Waals surface area contributed by atoms with Crippen molar-refractivity contribution in [2.45, 2.75) is 130 Å². The zero-order chi connectivity index (χ0) is 26.0. The Hall–Kier alpha value is -1.36. The minimum Gasteiger partial charge on any atom is -0.544 e. The maximum absolute atomic E-state index is 11.9. The first-order valence-electron chi connectivity index (χ1n) is 13.8. The summed E-state index contributed by atoms with van der Waals surface area (Å²) in [6.45, 7) is 6.04. The van der Waals surface area contributed by atoms with E-state index in [0.717, 1.165) is 25.7 Å². The van der Waals surface area contributed by atoms with Crippen LogP contribution in [-0.2, 0) is 9.59 Å². The summed E-state index contributed by atoms with van der Waals surface area (Å²) in [5.74, 6) is -2.16. The molecule has 0 bridgehead atoms. The molecule has 0 aromatic rings. The van der Waals surface area contributed by atoms with E-state index in [1.54, 1.807) is 0 Å². The van der Waals surface area contributed by atoms with Gasteiger partial charge in [-0.15, -0.1) is 0 Å². The summed E-state index contributed by atoms with van der Waals surface area (Å²) >= 11 is 0. The van der Waals surface area contributed by atoms with Gasteiger partial charge in [-0.2, -0.15) is 0 Å². The maximum atomic E-state index is 11.9. The Kier molecular flexibility index (Phi) is 17.3. The quantitative estimate of drug-likeness (QED) is 0.111. The smallest absolute Gasteiger partial charge is 0.303 e. The third-order valence-corrected chi connectivity index (χ3v) is 7.24. The largest absolute Gasteiger partial charge is 0.544 e. The number of aliphatic carboxylic acids is 2. The second-order valence-corrected chi connectivity index (χ2v) is 11.7. The molecule has 5 heteroatoms. The number of unbranched alkanes of at least 4 members (excludes halogenated alkanes) is 12. The van der Waals surface area contributed by atoms with Gasteiger partial charge in [0.2, 0.25) is 0 Å². The van der Waals surface area contributed by atoms with Gasteiger partial charge in [-0.05, 0) is 38.0 Å². The van der Waals surface area contributed by atoms with E-state index in [2.05, 4.69) is 19.1 Å². The van der Waals surface area contributed by atoms with E-state index in [1.165, 1.54) is 70.6 Å². The van der Waals surface area contributed by atoms with Crippen LogP contribution in [-0.4, -0.2) is 48.7 Å². The number of hydrogen-bond acceptors (Lipinski definition) is 3. The van der Waals surface area contributed by atoms with Crippen molar-refractivity contribution >= 4 is 11.9 Å². The van der Waals surface area contributed by atoms with Crippen LogP contribution in [0.1, 0.15) is 124 Å². The van der Waals surface area contributed by atoms with Gasteiger partial charge in [0, 0.05) is 11.8 Å². The van der Waals surface area contributed by atoms with Crippen LogP contribution in [0.25, 0.3) is 0 Å². The molecule has 0 aromatic heterocycles. The molecule has 200 valence electrons. The van der Waals surface area contributed by atoms with E-state index in [9.17, 15) is 19.8 Å². The molecule has 0 saturated heterocycles. The number of allylic oxidation sites excluding steroid dienone is 2. The lowest BCUT2D eigenvalue weighted by Crippen LogP contribution is -2.63. The van der Waals surface area contributed by atoms with Gasteiger partial charge in [0.1, 0.15) is 6.04 Å². The number of likely N-dealkylation sites (N-methyl/N-ethyl adjacent to an activating group) is 1. The summed E-state index contributed by atoms with van der Waals surface area (Å²) in [5, 5.41) is 21.4. The third-order valence-electron chi connectivity index (χ3n) is 7.24. The average Bonchev–Trinajstić information content (AvgIpc) is 2.70. The third kappa shape index (κ3) is 14.8. The second kappa shape index (κ2) is 18.0. The van der Waals surface area contributed by atoms with Crippen molar-refractivity contribution < 1.29 is 24.3 Å². The van der Waals surface area contributed by atoms with Crippen LogP contribution in [0.4, 0.5) is 0 Å². The summed E-state index contributed by atoms with van der Waals surface area (Å²) < 4.78 is 0.221. The Bertz CT molecular complexity index is 577. The van der Waals surface area contributed by atoms with Gasteiger partial charge < -0.3 is 19.5 Å². The number of hydrogen-bond donors (Lipinski definition) is 1. The minimum absolute atomic E-state index is 0.00184. The lowest BCUT2D eigenvalue weighted by Gasteiger charge is -2.47. The molecule has 0 aliphatic heterocycles. The molecule has 0 aliphatic carbocycles. The molecule has 0 aromatic carbocycles. The number of carboxylic acids is 2. The Labute approximate surface area is 210 Å². The molecule has 0 radical (unpaired) electrons. The summed E-state index contributed by atoms with van der Waals surface area (Å²) in [6.07, 6.45) is 22.8. The van der Waals surface area contributed by atoms with Crippen LogP contribution >= 0.6 is 0 Å². The first-order valence-corrected chi connectivity index (χ1v) is 13.8. The van der Waals surface area contributed by atoms with Gasteiger partial charge in [-0.25, -0.2) is 0 Å². The first kappa shape index (κ1) is 32.6. The van der Waals surface area contributed by atoms with E-state index in [-0.39, 0.29) is 16.8 Å². The van der Waals surface area contributed by atoms with Crippen molar-refractivity contribution in [2.75, 3.05) is 21.1 Å². The molecule has 0 saturated carbocycles. The number of nitrogens with zero attached hydrogens (tertiary/aromatic N) is 1. The van der Waals surface area contributed by atoms with Crippen LogP contribution in [0.3, 0.4) is 0 Å². The highest BCUT2D eigenvalue weighted by atomic mass is 16.4. The molecule has 0 heterocycles. The van der Waals surface area contributed by atoms with Crippen LogP contribution in [0.2, 0.25) is 0 Å². The van der Waals surface area contributed by atoms with E-state index < -0.39 is 23.4 Å². The predicted molar refractivity (Wildman–Crippen MR) is 140 cm³/mol. The molecule has 0 rings (SSSR count). The average molecular weight is 482 g/mol. The maximum Gasteiger partial charge on any atom is 0.303 e. The highest BCUT2D eigenvalue weighted by Gasteiger charge is 2.45. The molecule has 2 unspecified atom stereocenters. The fourth-order valence-corrected chi connectivity index (χ4v) is 5.43. The molecule has 2 atom stereocenters. The van der Waals surface area contributed by atoms with Crippen LogP contribution < -0.4 is 5.11 Å². The first-order chi connectivity index (χ1) is 15.9. The molecular weight excluding hydrogens is 426 g/mol. The van der Waals surface area contributed by atoms with Crippen molar-refractivity contribution in [3.63, 3.8) is 0 Å². The lowest BCUT2D eigenvalue weighted by atomic mass is 9.68. The zero-order valence-electron chi connectivity index (χ0n) is 23.2. The summed E-state index contributed by atoms with van der Waals surface area (Å²) in [6, 6.07) is -0.758. The van der Waals surface area contributed by atoms with E-state index >= 15 is 0 Å². The van der Waals surface area contributed by atoms with E-state index in [1.807, 2.05) is 35.0 Å². The van der Waals surface area contributed by atoms with Gasteiger partial charge in [0.25, 0.3) is 0 Å². The highest BCUT2D eigenvalue weighted by molar-refractivity contribution is 5.72. The van der Waals surface area contributed by atoms with E-state index in [0.29, 0.717) is 0 Å². The molecule has 0 amide bonds. The number of rotatable bonds is 22. The van der Waals surface area contributed by atoms with Crippen molar-refractivity contribution in [3.8, 4) is 0 Å². The Morgan fingerprint density at radius 2 is 1.26 bits per heavy atom. The van der Waals surface area contributed by atoms with Gasteiger partial charge in [0.15, 0.2) is 0 Å². The predicted octanol–water partition coefficient (Wildman–Crippen LogP) is 6.36. The standard InChI is InChI=1S/C29H55NO4/c1-7-8-9-10-11-12-13-14-15-16-17-18-19-20-21-22-23-25(24-26(31)32)29(2,3)27(28(33)34)30(4,5)6/h14-15,25,27H,7-13,16-24H2,1-6H3,(H-,31,32,33,34)/b15-14-. The minimum atomic E-state index is -1.10. The number of quaternary nitrogens is 1. The molecule has 0 spiro atoms. The lowest BCUT2D eigenvalue weighted by molar-refractivity contribution is -0.897. The van der Waals surface area contributed by atoms with E-state index in [4.69, 9.17) is 0 Å². The van der Waals surface area contributed by atoms with Crippen LogP contribution in [0.15, 0.2) is 12.2 Å². The molecular formula is C29H55NO4. The van der Waals surface area contributed by atoms with Gasteiger partial charge >= 0.3 is 5.97 Å². The fourth-order valence-electron chi connectivity index (χ4n) is 5.43. The van der Waals surface area contributed by atoms with Gasteiger partial charge in [-0.1, -0.05) is 97.1 Å². The molecule has 34 heavy (non-hydrogen) atoms. The normalized spacial score (nSPS) is 14.4. The topological polar surface area (TPSA) is 77.4 Å². The summed E-state index contributed by atoms with van der Waals surface area (Å²) in [4.78, 5) is 23.4. The molecule has 5 nitrogen and oxygen atoms in total. The Morgan fingerprint density at radius 1 is 0.824 bits per heavy atom. The molecule has 0 fully saturated rings. The van der Waals surface area contributed by atoms with Crippen molar-refractivity contribution in [1.82, 2.24) is 0 Å². The van der Waals surface area contributed by atoms with Crippen molar-refractivity contribution in [2.24, 2.45) is 11.3 Å². The highest BCUT2D eigenvalue weighted by Crippen LogP contribution is 2.40. The molecule has 0 aliphatic rings. The Balaban J connectivity index is 4.19. The van der Waals surface area contributed by atoms with Gasteiger partial charge in [0.05, 0.1) is 27.1 Å². The second-order valence-electron chi connectivity index (χ2n) is 11.7. The number of carboxylic acid groups (broad SMARTS) is 2. The number of carbonyl (C=O) groups excluding carboxylic acids is 1. The SMILES string of the molecule is CCCCCCCC/C=C\CCCCCCCCC(CC(=O)O)C(C)(C)C(C(=O)[O-])[N+](C)(C)C. The monoisotopic (exact) mass is 481 g/mol. The van der Waals surface area contributed by atoms with Crippen molar-refractivity contribution in [1.29, 1.82) is 0 Å². The molecule has 1 N–H and O–H groups in total. The van der Waals surface area contributed by atoms with Crippen LogP contribution in [0.5, 0.6) is 0 Å².